The average molecular weight is 213 g/mol. The van der Waals surface area contributed by atoms with Crippen molar-refractivity contribution < 1.29 is 0 Å². The molecule has 0 aromatic heterocycles. The lowest BCUT2D eigenvalue weighted by Gasteiger charge is -2.06. The SMILES string of the molecule is CCc1ccc(CCC2=CCCN=C2)cc1. The van der Waals surface area contributed by atoms with E-state index in [0.717, 1.165) is 32.2 Å². The number of aryl methyl sites for hydroxylation is 2. The summed E-state index contributed by atoms with van der Waals surface area (Å²) >= 11 is 0. The summed E-state index contributed by atoms with van der Waals surface area (Å²) in [6.07, 6.45) is 8.83. The van der Waals surface area contributed by atoms with E-state index in [2.05, 4.69) is 42.3 Å². The van der Waals surface area contributed by atoms with Gasteiger partial charge in [0.25, 0.3) is 0 Å². The summed E-state index contributed by atoms with van der Waals surface area (Å²) in [6.45, 7) is 3.16. The van der Waals surface area contributed by atoms with E-state index in [1.165, 1.54) is 16.7 Å². The topological polar surface area (TPSA) is 12.4 Å². The van der Waals surface area contributed by atoms with E-state index in [1.807, 2.05) is 6.21 Å². The monoisotopic (exact) mass is 213 g/mol. The van der Waals surface area contributed by atoms with Crippen LogP contribution in [0.5, 0.6) is 0 Å². The molecule has 0 atom stereocenters. The van der Waals surface area contributed by atoms with Crippen molar-refractivity contribution in [2.45, 2.75) is 32.6 Å². The Bertz CT molecular complexity index is 384. The molecular weight excluding hydrogens is 194 g/mol. The Balaban J connectivity index is 1.89. The Morgan fingerprint density at radius 1 is 1.06 bits per heavy atom. The summed E-state index contributed by atoms with van der Waals surface area (Å²) in [6, 6.07) is 8.97. The number of nitrogens with zero attached hydrogens (tertiary/aromatic N) is 1. The van der Waals surface area contributed by atoms with E-state index in [4.69, 9.17) is 0 Å². The van der Waals surface area contributed by atoms with Crippen molar-refractivity contribution >= 4 is 6.21 Å². The minimum Gasteiger partial charge on any atom is -0.293 e. The Hall–Kier alpha value is -1.37. The summed E-state index contributed by atoms with van der Waals surface area (Å²) in [5, 5.41) is 0. The van der Waals surface area contributed by atoms with E-state index in [9.17, 15) is 0 Å². The Kier molecular flexibility index (Phi) is 3.92. The smallest absolute Gasteiger partial charge is 0.0424 e. The summed E-state index contributed by atoms with van der Waals surface area (Å²) in [4.78, 5) is 4.30. The molecule has 1 heterocycles. The first kappa shape index (κ1) is 11.1. The zero-order chi connectivity index (χ0) is 11.2. The van der Waals surface area contributed by atoms with Gasteiger partial charge in [-0.1, -0.05) is 37.3 Å². The van der Waals surface area contributed by atoms with Crippen LogP contribution in [-0.4, -0.2) is 12.8 Å². The molecule has 1 aliphatic heterocycles. The summed E-state index contributed by atoms with van der Waals surface area (Å²) in [5.41, 5.74) is 4.24. The predicted octanol–water partition coefficient (Wildman–Crippen LogP) is 3.58. The first-order chi connectivity index (χ1) is 7.88. The number of allylic oxidation sites excluding steroid dienone is 1. The van der Waals surface area contributed by atoms with Gasteiger partial charge in [0.15, 0.2) is 0 Å². The molecule has 1 nitrogen and oxygen atoms in total. The van der Waals surface area contributed by atoms with Gasteiger partial charge in [-0.2, -0.15) is 0 Å². The van der Waals surface area contributed by atoms with Gasteiger partial charge in [0.05, 0.1) is 0 Å². The van der Waals surface area contributed by atoms with Crippen LogP contribution in [0.25, 0.3) is 0 Å². The van der Waals surface area contributed by atoms with Crippen molar-refractivity contribution in [3.63, 3.8) is 0 Å². The van der Waals surface area contributed by atoms with Gasteiger partial charge < -0.3 is 0 Å². The molecule has 2 rings (SSSR count). The normalized spacial score (nSPS) is 14.9. The fourth-order valence-corrected chi connectivity index (χ4v) is 1.96. The number of benzene rings is 1. The maximum absolute atomic E-state index is 4.30. The van der Waals surface area contributed by atoms with E-state index in [0.29, 0.717) is 0 Å². The highest BCUT2D eigenvalue weighted by Gasteiger charge is 1.99. The van der Waals surface area contributed by atoms with Gasteiger partial charge in [0.1, 0.15) is 0 Å². The molecule has 0 N–H and O–H groups in total. The molecule has 1 heteroatoms. The molecule has 0 saturated heterocycles. The minimum absolute atomic E-state index is 0.967. The maximum atomic E-state index is 4.30. The van der Waals surface area contributed by atoms with Gasteiger partial charge in [-0.05, 0) is 42.4 Å². The Morgan fingerprint density at radius 3 is 2.44 bits per heavy atom. The molecule has 0 aliphatic carbocycles. The summed E-state index contributed by atoms with van der Waals surface area (Å²) in [5.74, 6) is 0. The fraction of sp³-hybridized carbons (Fsp3) is 0.400. The van der Waals surface area contributed by atoms with Crippen molar-refractivity contribution in [1.29, 1.82) is 0 Å². The van der Waals surface area contributed by atoms with Crippen LogP contribution in [0.3, 0.4) is 0 Å². The zero-order valence-electron chi connectivity index (χ0n) is 9.95. The first-order valence-electron chi connectivity index (χ1n) is 6.15. The van der Waals surface area contributed by atoms with Crippen LogP contribution >= 0.6 is 0 Å². The second-order valence-electron chi connectivity index (χ2n) is 4.27. The van der Waals surface area contributed by atoms with E-state index < -0.39 is 0 Å². The van der Waals surface area contributed by atoms with Gasteiger partial charge in [-0.15, -0.1) is 0 Å². The van der Waals surface area contributed by atoms with Gasteiger partial charge in [0, 0.05) is 12.8 Å². The van der Waals surface area contributed by atoms with Crippen molar-refractivity contribution in [3.8, 4) is 0 Å². The quantitative estimate of drug-likeness (QED) is 0.725. The summed E-state index contributed by atoms with van der Waals surface area (Å²) in [7, 11) is 0. The van der Waals surface area contributed by atoms with Crippen molar-refractivity contribution in [2.75, 3.05) is 6.54 Å². The highest BCUT2D eigenvalue weighted by molar-refractivity contribution is 5.79. The van der Waals surface area contributed by atoms with Crippen LogP contribution in [0.1, 0.15) is 30.9 Å². The van der Waals surface area contributed by atoms with Crippen molar-refractivity contribution in [2.24, 2.45) is 4.99 Å². The third-order valence-corrected chi connectivity index (χ3v) is 3.06. The number of dihydropyridines is 1. The Morgan fingerprint density at radius 2 is 1.81 bits per heavy atom. The molecule has 1 aromatic carbocycles. The first-order valence-corrected chi connectivity index (χ1v) is 6.15. The van der Waals surface area contributed by atoms with Crippen molar-refractivity contribution in [1.82, 2.24) is 0 Å². The van der Waals surface area contributed by atoms with Crippen LogP contribution in [-0.2, 0) is 12.8 Å². The highest BCUT2D eigenvalue weighted by Crippen LogP contribution is 2.12. The molecule has 84 valence electrons. The van der Waals surface area contributed by atoms with E-state index in [-0.39, 0.29) is 0 Å². The predicted molar refractivity (Wildman–Crippen MR) is 70.2 cm³/mol. The van der Waals surface area contributed by atoms with Crippen LogP contribution in [0, 0.1) is 0 Å². The standard InChI is InChI=1S/C15H19N/c1-2-13-5-7-14(8-6-13)9-10-15-4-3-11-16-12-15/h4-8,12H,2-3,9-11H2,1H3. The molecule has 0 fully saturated rings. The summed E-state index contributed by atoms with van der Waals surface area (Å²) < 4.78 is 0. The molecule has 1 aliphatic rings. The molecule has 0 bridgehead atoms. The highest BCUT2D eigenvalue weighted by atomic mass is 14.7. The minimum atomic E-state index is 0.967. The zero-order valence-corrected chi connectivity index (χ0v) is 9.95. The average Bonchev–Trinajstić information content (AvgIpc) is 2.38. The lowest BCUT2D eigenvalue weighted by atomic mass is 10.0. The molecule has 16 heavy (non-hydrogen) atoms. The molecule has 0 radical (unpaired) electrons. The third kappa shape index (κ3) is 3.06. The maximum Gasteiger partial charge on any atom is 0.0424 e. The Labute approximate surface area is 97.9 Å². The van der Waals surface area contributed by atoms with Gasteiger partial charge in [-0.25, -0.2) is 0 Å². The van der Waals surface area contributed by atoms with Gasteiger partial charge >= 0.3 is 0 Å². The van der Waals surface area contributed by atoms with Crippen LogP contribution < -0.4 is 0 Å². The molecule has 0 spiro atoms. The molecule has 0 amide bonds. The number of hydrogen-bond acceptors (Lipinski definition) is 1. The number of aliphatic imine (C=N–C) groups is 1. The number of rotatable bonds is 4. The third-order valence-electron chi connectivity index (χ3n) is 3.06. The molecular formula is C15H19N. The van der Waals surface area contributed by atoms with Crippen LogP contribution in [0.2, 0.25) is 0 Å². The van der Waals surface area contributed by atoms with Crippen LogP contribution in [0.15, 0.2) is 40.9 Å². The molecule has 0 saturated carbocycles. The van der Waals surface area contributed by atoms with Gasteiger partial charge in [0.2, 0.25) is 0 Å². The fourth-order valence-electron chi connectivity index (χ4n) is 1.96. The molecule has 0 unspecified atom stereocenters. The lowest BCUT2D eigenvalue weighted by molar-refractivity contribution is 0.923. The van der Waals surface area contributed by atoms with Crippen molar-refractivity contribution in [3.05, 3.63) is 47.0 Å². The van der Waals surface area contributed by atoms with E-state index in [1.54, 1.807) is 0 Å². The molecule has 1 aromatic rings. The lowest BCUT2D eigenvalue weighted by Crippen LogP contribution is -1.96. The van der Waals surface area contributed by atoms with Gasteiger partial charge in [-0.3, -0.25) is 4.99 Å². The second kappa shape index (κ2) is 5.64. The van der Waals surface area contributed by atoms with Crippen LogP contribution in [0.4, 0.5) is 0 Å². The number of hydrogen-bond donors (Lipinski definition) is 0. The van der Waals surface area contributed by atoms with E-state index >= 15 is 0 Å². The second-order valence-corrected chi connectivity index (χ2v) is 4.27. The largest absolute Gasteiger partial charge is 0.293 e.